The first kappa shape index (κ1) is 18.0. The molecule has 0 saturated heterocycles. The molecular formula is C14H23N3O5. The molecule has 0 spiro atoms. The topological polar surface area (TPSA) is 107 Å². The van der Waals surface area contributed by atoms with Crippen LogP contribution in [0.3, 0.4) is 0 Å². The molecule has 0 radical (unpaired) electrons. The van der Waals surface area contributed by atoms with E-state index in [0.717, 1.165) is 0 Å². The molecular weight excluding hydrogens is 290 g/mol. The second kappa shape index (κ2) is 6.78. The Bertz CT molecular complexity index is 531. The molecule has 2 N–H and O–H groups in total. The Morgan fingerprint density at radius 2 is 1.95 bits per heavy atom. The Balaban J connectivity index is 2.41. The monoisotopic (exact) mass is 313 g/mol. The second-order valence-electron chi connectivity index (χ2n) is 6.61. The number of amides is 1. The van der Waals surface area contributed by atoms with Gasteiger partial charge >= 0.3 is 12.0 Å². The van der Waals surface area contributed by atoms with E-state index in [-0.39, 0.29) is 5.88 Å². The van der Waals surface area contributed by atoms with Crippen molar-refractivity contribution in [3.05, 3.63) is 28.0 Å². The minimum Gasteiger partial charge on any atom is -0.444 e. The van der Waals surface area contributed by atoms with E-state index in [1.807, 2.05) is 13.8 Å². The van der Waals surface area contributed by atoms with Gasteiger partial charge in [0.15, 0.2) is 0 Å². The molecule has 8 nitrogen and oxygen atoms in total. The number of rotatable bonds is 6. The van der Waals surface area contributed by atoms with Gasteiger partial charge in [-0.15, -0.1) is 0 Å². The summed E-state index contributed by atoms with van der Waals surface area (Å²) in [5, 5.41) is 16.3. The molecule has 22 heavy (non-hydrogen) atoms. The maximum atomic E-state index is 11.7. The SMILES string of the molecule is CC(C)(CNCc1ccc([N+](=O)[O-])o1)NC(=O)OC(C)(C)C. The number of ether oxygens (including phenoxy) is 1. The molecule has 1 aromatic heterocycles. The maximum Gasteiger partial charge on any atom is 0.433 e. The first-order valence-electron chi connectivity index (χ1n) is 6.93. The Labute approximate surface area is 129 Å². The van der Waals surface area contributed by atoms with Crippen molar-refractivity contribution in [2.24, 2.45) is 0 Å². The Morgan fingerprint density at radius 3 is 2.45 bits per heavy atom. The van der Waals surface area contributed by atoms with E-state index in [1.165, 1.54) is 6.07 Å². The van der Waals surface area contributed by atoms with Crippen molar-refractivity contribution < 1.29 is 18.9 Å². The van der Waals surface area contributed by atoms with Crippen molar-refractivity contribution in [3.8, 4) is 0 Å². The van der Waals surface area contributed by atoms with E-state index in [0.29, 0.717) is 18.8 Å². The highest BCUT2D eigenvalue weighted by molar-refractivity contribution is 5.68. The molecule has 8 heteroatoms. The zero-order chi connectivity index (χ0) is 17.0. The standard InChI is InChI=1S/C14H23N3O5/c1-13(2,3)22-12(18)16-14(4,5)9-15-8-10-6-7-11(21-10)17(19)20/h6-7,15H,8-9H2,1-5H3,(H,16,18). The molecule has 0 aliphatic carbocycles. The van der Waals surface area contributed by atoms with Crippen LogP contribution in [-0.2, 0) is 11.3 Å². The summed E-state index contributed by atoms with van der Waals surface area (Å²) in [5.74, 6) is 0.169. The highest BCUT2D eigenvalue weighted by Crippen LogP contribution is 2.15. The number of carbonyl (C=O) groups excluding carboxylic acids is 1. The predicted molar refractivity (Wildman–Crippen MR) is 80.5 cm³/mol. The third-order valence-corrected chi connectivity index (χ3v) is 2.53. The maximum absolute atomic E-state index is 11.7. The van der Waals surface area contributed by atoms with Crippen molar-refractivity contribution in [2.45, 2.75) is 52.3 Å². The first-order valence-corrected chi connectivity index (χ1v) is 6.93. The largest absolute Gasteiger partial charge is 0.444 e. The molecule has 1 aromatic rings. The van der Waals surface area contributed by atoms with Gasteiger partial charge in [-0.1, -0.05) is 0 Å². The highest BCUT2D eigenvalue weighted by atomic mass is 16.6. The summed E-state index contributed by atoms with van der Waals surface area (Å²) in [5.41, 5.74) is -1.10. The lowest BCUT2D eigenvalue weighted by molar-refractivity contribution is -0.402. The van der Waals surface area contributed by atoms with Gasteiger partial charge in [0.2, 0.25) is 0 Å². The van der Waals surface area contributed by atoms with Crippen molar-refractivity contribution >= 4 is 12.0 Å². The van der Waals surface area contributed by atoms with E-state index in [2.05, 4.69) is 10.6 Å². The van der Waals surface area contributed by atoms with Crippen LogP contribution in [-0.4, -0.2) is 28.7 Å². The average Bonchev–Trinajstić information content (AvgIpc) is 2.73. The van der Waals surface area contributed by atoms with Crippen molar-refractivity contribution in [1.82, 2.24) is 10.6 Å². The molecule has 0 aromatic carbocycles. The van der Waals surface area contributed by atoms with Crippen LogP contribution in [0.2, 0.25) is 0 Å². The molecule has 0 aliphatic rings. The molecule has 0 fully saturated rings. The third kappa shape index (κ3) is 6.57. The summed E-state index contributed by atoms with van der Waals surface area (Å²) in [6.45, 7) is 9.84. The van der Waals surface area contributed by atoms with E-state index in [1.54, 1.807) is 26.8 Å². The van der Waals surface area contributed by atoms with Crippen LogP contribution in [0.4, 0.5) is 10.7 Å². The Kier molecular flexibility index (Phi) is 5.54. The van der Waals surface area contributed by atoms with E-state index in [9.17, 15) is 14.9 Å². The van der Waals surface area contributed by atoms with Gasteiger partial charge in [0, 0.05) is 6.54 Å². The molecule has 0 saturated carbocycles. The predicted octanol–water partition coefficient (Wildman–Crippen LogP) is 2.58. The van der Waals surface area contributed by atoms with Crippen molar-refractivity contribution in [1.29, 1.82) is 0 Å². The molecule has 124 valence electrons. The normalized spacial score (nSPS) is 12.0. The molecule has 0 bridgehead atoms. The van der Waals surface area contributed by atoms with Gasteiger partial charge in [0.05, 0.1) is 18.2 Å². The lowest BCUT2D eigenvalue weighted by Crippen LogP contribution is -2.51. The highest BCUT2D eigenvalue weighted by Gasteiger charge is 2.24. The Morgan fingerprint density at radius 1 is 1.32 bits per heavy atom. The van der Waals surface area contributed by atoms with Gasteiger partial charge < -0.3 is 19.8 Å². The van der Waals surface area contributed by atoms with Gasteiger partial charge in [-0.2, -0.15) is 0 Å². The van der Waals surface area contributed by atoms with Gasteiger partial charge in [-0.3, -0.25) is 10.1 Å². The summed E-state index contributed by atoms with van der Waals surface area (Å²) >= 11 is 0. The number of hydrogen-bond donors (Lipinski definition) is 2. The average molecular weight is 313 g/mol. The van der Waals surface area contributed by atoms with Crippen LogP contribution in [0, 0.1) is 10.1 Å². The fourth-order valence-electron chi connectivity index (χ4n) is 1.68. The molecule has 1 heterocycles. The van der Waals surface area contributed by atoms with Crippen LogP contribution < -0.4 is 10.6 Å². The summed E-state index contributed by atoms with van der Waals surface area (Å²) in [6, 6.07) is 2.85. The number of nitrogens with zero attached hydrogens (tertiary/aromatic N) is 1. The lowest BCUT2D eigenvalue weighted by Gasteiger charge is -2.28. The van der Waals surface area contributed by atoms with Crippen LogP contribution in [0.25, 0.3) is 0 Å². The van der Waals surface area contributed by atoms with Crippen molar-refractivity contribution in [2.75, 3.05) is 6.54 Å². The fourth-order valence-corrected chi connectivity index (χ4v) is 1.68. The van der Waals surface area contributed by atoms with Crippen LogP contribution in [0.1, 0.15) is 40.4 Å². The van der Waals surface area contributed by atoms with Crippen LogP contribution >= 0.6 is 0 Å². The summed E-state index contributed by atoms with van der Waals surface area (Å²) < 4.78 is 10.2. The third-order valence-electron chi connectivity index (χ3n) is 2.53. The summed E-state index contributed by atoms with van der Waals surface area (Å²) in [7, 11) is 0. The zero-order valence-electron chi connectivity index (χ0n) is 13.6. The van der Waals surface area contributed by atoms with Crippen molar-refractivity contribution in [3.63, 3.8) is 0 Å². The molecule has 0 atom stereocenters. The van der Waals surface area contributed by atoms with Gasteiger partial charge in [-0.25, -0.2) is 4.79 Å². The Hall–Kier alpha value is -2.09. The molecule has 1 amide bonds. The molecule has 0 unspecified atom stereocenters. The fraction of sp³-hybridized carbons (Fsp3) is 0.643. The van der Waals surface area contributed by atoms with E-state index < -0.39 is 22.2 Å². The van der Waals surface area contributed by atoms with Gasteiger partial charge in [0.1, 0.15) is 16.3 Å². The minimum atomic E-state index is -0.586. The minimum absolute atomic E-state index is 0.289. The summed E-state index contributed by atoms with van der Waals surface area (Å²) in [4.78, 5) is 21.7. The zero-order valence-corrected chi connectivity index (χ0v) is 13.6. The van der Waals surface area contributed by atoms with Gasteiger partial charge in [0.25, 0.3) is 0 Å². The lowest BCUT2D eigenvalue weighted by atomic mass is 10.1. The number of carbonyl (C=O) groups is 1. The smallest absolute Gasteiger partial charge is 0.433 e. The molecule has 1 rings (SSSR count). The number of nitrogens with one attached hydrogen (secondary N) is 2. The van der Waals surface area contributed by atoms with E-state index >= 15 is 0 Å². The van der Waals surface area contributed by atoms with Crippen LogP contribution in [0.15, 0.2) is 16.5 Å². The second-order valence-corrected chi connectivity index (χ2v) is 6.61. The number of furan rings is 1. The number of nitro groups is 1. The van der Waals surface area contributed by atoms with E-state index in [4.69, 9.17) is 9.15 Å². The quantitative estimate of drug-likeness (QED) is 0.617. The van der Waals surface area contributed by atoms with Gasteiger partial charge in [-0.05, 0) is 40.7 Å². The summed E-state index contributed by atoms with van der Waals surface area (Å²) in [6.07, 6.45) is -0.493. The molecule has 0 aliphatic heterocycles. The first-order chi connectivity index (χ1) is 9.98. The van der Waals surface area contributed by atoms with Crippen LogP contribution in [0.5, 0.6) is 0 Å². The number of alkyl carbamates (subject to hydrolysis) is 1. The number of hydrogen-bond acceptors (Lipinski definition) is 6.